The number of ether oxygens (including phenoxy) is 2. The summed E-state index contributed by atoms with van der Waals surface area (Å²) in [6, 6.07) is 8.26. The van der Waals surface area contributed by atoms with Gasteiger partial charge in [0.1, 0.15) is 12.2 Å². The molecule has 2 bridgehead atoms. The molecule has 4 rings (SSSR count). The van der Waals surface area contributed by atoms with Crippen LogP contribution in [0.2, 0.25) is 0 Å². The molecule has 7 heteroatoms. The van der Waals surface area contributed by atoms with Gasteiger partial charge in [0.2, 0.25) is 11.8 Å². The smallest absolute Gasteiger partial charge is 0.302 e. The van der Waals surface area contributed by atoms with Crippen molar-refractivity contribution in [1.29, 1.82) is 5.26 Å². The first-order chi connectivity index (χ1) is 12.0. The van der Waals surface area contributed by atoms with E-state index in [0.29, 0.717) is 11.3 Å². The Kier molecular flexibility index (Phi) is 3.27. The Labute approximate surface area is 143 Å². The molecule has 2 fully saturated rings. The molecule has 0 aromatic heterocycles. The molecule has 3 aliphatic heterocycles. The quantitative estimate of drug-likeness (QED) is 0.462. The van der Waals surface area contributed by atoms with Gasteiger partial charge in [-0.05, 0) is 30.3 Å². The van der Waals surface area contributed by atoms with Crippen molar-refractivity contribution in [3.05, 3.63) is 42.0 Å². The fourth-order valence-corrected chi connectivity index (χ4v) is 3.82. The van der Waals surface area contributed by atoms with Gasteiger partial charge >= 0.3 is 5.97 Å². The summed E-state index contributed by atoms with van der Waals surface area (Å²) < 4.78 is 10.9. The van der Waals surface area contributed by atoms with Gasteiger partial charge in [0.15, 0.2) is 0 Å². The lowest BCUT2D eigenvalue weighted by atomic mass is 9.77. The molecular formula is C18H14N2O5. The molecule has 0 spiro atoms. The number of rotatable bonds is 3. The molecule has 3 aliphatic rings. The van der Waals surface area contributed by atoms with E-state index in [1.165, 1.54) is 6.92 Å². The lowest BCUT2D eigenvalue weighted by Gasteiger charge is -2.28. The standard InChI is InChI=1S/C18H14N2O5/c1-10(21)24-9-18-7-6-13(25-18)14-15(18)17(23)20(16(14)22)12-4-2-11(8-19)3-5-12/h2-7,13-15H,9H2,1H3/t13-,14-,15+,18-/m1/s1. The third-order valence-corrected chi connectivity index (χ3v) is 4.91. The van der Waals surface area contributed by atoms with Crippen LogP contribution in [0.25, 0.3) is 0 Å². The molecule has 2 amide bonds. The second-order valence-electron chi connectivity index (χ2n) is 6.35. The molecule has 0 aliphatic carbocycles. The van der Waals surface area contributed by atoms with E-state index in [1.54, 1.807) is 36.4 Å². The Hall–Kier alpha value is -2.98. The fraction of sp³-hybridized carbons (Fsp3) is 0.333. The van der Waals surface area contributed by atoms with E-state index in [0.717, 1.165) is 4.90 Å². The van der Waals surface area contributed by atoms with Gasteiger partial charge in [-0.1, -0.05) is 6.08 Å². The van der Waals surface area contributed by atoms with Crippen molar-refractivity contribution < 1.29 is 23.9 Å². The maximum Gasteiger partial charge on any atom is 0.302 e. The molecule has 4 atom stereocenters. The largest absolute Gasteiger partial charge is 0.462 e. The van der Waals surface area contributed by atoms with Crippen LogP contribution in [0.5, 0.6) is 0 Å². The number of carbonyl (C=O) groups is 3. The molecule has 1 aromatic rings. The van der Waals surface area contributed by atoms with Crippen LogP contribution in [0.4, 0.5) is 5.69 Å². The average molecular weight is 338 g/mol. The van der Waals surface area contributed by atoms with Gasteiger partial charge in [0.25, 0.3) is 0 Å². The van der Waals surface area contributed by atoms with E-state index >= 15 is 0 Å². The molecule has 25 heavy (non-hydrogen) atoms. The number of esters is 1. The van der Waals surface area contributed by atoms with Gasteiger partial charge < -0.3 is 9.47 Å². The van der Waals surface area contributed by atoms with Crippen LogP contribution in [0, 0.1) is 23.2 Å². The lowest BCUT2D eigenvalue weighted by Crippen LogP contribution is -2.44. The maximum atomic E-state index is 13.0. The number of nitriles is 1. The fourth-order valence-electron chi connectivity index (χ4n) is 3.82. The third-order valence-electron chi connectivity index (χ3n) is 4.91. The monoisotopic (exact) mass is 338 g/mol. The maximum absolute atomic E-state index is 13.0. The summed E-state index contributed by atoms with van der Waals surface area (Å²) in [5.41, 5.74) is -0.223. The van der Waals surface area contributed by atoms with E-state index < -0.39 is 29.5 Å². The predicted octanol–water partition coefficient (Wildman–Crippen LogP) is 0.934. The number of imide groups is 1. The molecule has 7 nitrogen and oxygen atoms in total. The van der Waals surface area contributed by atoms with E-state index in [-0.39, 0.29) is 18.4 Å². The SMILES string of the molecule is CC(=O)OC[C@@]12C=C[C@@H](O1)[C@H]1C(=O)N(c3ccc(C#N)cc3)C(=O)[C@H]12. The normalized spacial score (nSPS) is 32.0. The first kappa shape index (κ1) is 15.5. The molecule has 0 saturated carbocycles. The summed E-state index contributed by atoms with van der Waals surface area (Å²) in [6.07, 6.45) is 2.97. The number of hydrogen-bond acceptors (Lipinski definition) is 6. The van der Waals surface area contributed by atoms with Crippen LogP contribution in [-0.4, -0.2) is 36.1 Å². The zero-order valence-electron chi connectivity index (χ0n) is 13.3. The van der Waals surface area contributed by atoms with Crippen molar-refractivity contribution in [2.45, 2.75) is 18.6 Å². The van der Waals surface area contributed by atoms with Gasteiger partial charge in [0, 0.05) is 6.92 Å². The highest BCUT2D eigenvalue weighted by Gasteiger charge is 2.68. The summed E-state index contributed by atoms with van der Waals surface area (Å²) in [7, 11) is 0. The van der Waals surface area contributed by atoms with Crippen LogP contribution in [0.1, 0.15) is 12.5 Å². The minimum Gasteiger partial charge on any atom is -0.462 e. The predicted molar refractivity (Wildman–Crippen MR) is 84.0 cm³/mol. The average Bonchev–Trinajstić information content (AvgIpc) is 3.24. The molecule has 126 valence electrons. The van der Waals surface area contributed by atoms with Crippen LogP contribution >= 0.6 is 0 Å². The molecule has 2 saturated heterocycles. The molecular weight excluding hydrogens is 324 g/mol. The second kappa shape index (κ2) is 5.26. The summed E-state index contributed by atoms with van der Waals surface area (Å²) in [6.45, 7) is 1.18. The van der Waals surface area contributed by atoms with Crippen molar-refractivity contribution in [1.82, 2.24) is 0 Å². The molecule has 0 unspecified atom stereocenters. The second-order valence-corrected chi connectivity index (χ2v) is 6.35. The zero-order valence-corrected chi connectivity index (χ0v) is 13.3. The van der Waals surface area contributed by atoms with E-state index in [2.05, 4.69) is 0 Å². The minimum absolute atomic E-state index is 0.100. The minimum atomic E-state index is -1.09. The number of nitrogens with zero attached hydrogens (tertiary/aromatic N) is 2. The van der Waals surface area contributed by atoms with Crippen LogP contribution < -0.4 is 4.90 Å². The van der Waals surface area contributed by atoms with Gasteiger partial charge in [-0.2, -0.15) is 5.26 Å². The summed E-state index contributed by atoms with van der Waals surface area (Å²) in [5.74, 6) is -2.52. The van der Waals surface area contributed by atoms with Crippen molar-refractivity contribution in [3.63, 3.8) is 0 Å². The van der Waals surface area contributed by atoms with Crippen molar-refractivity contribution in [3.8, 4) is 6.07 Å². The Morgan fingerprint density at radius 1 is 1.32 bits per heavy atom. The first-order valence-electron chi connectivity index (χ1n) is 7.85. The summed E-state index contributed by atoms with van der Waals surface area (Å²) in [5, 5.41) is 8.88. The number of hydrogen-bond donors (Lipinski definition) is 0. The van der Waals surface area contributed by atoms with Crippen LogP contribution in [-0.2, 0) is 23.9 Å². The highest BCUT2D eigenvalue weighted by Crippen LogP contribution is 2.52. The van der Waals surface area contributed by atoms with Crippen LogP contribution in [0.3, 0.4) is 0 Å². The van der Waals surface area contributed by atoms with Crippen molar-refractivity contribution >= 4 is 23.5 Å². The van der Waals surface area contributed by atoms with E-state index in [4.69, 9.17) is 14.7 Å². The van der Waals surface area contributed by atoms with E-state index in [1.807, 2.05) is 6.07 Å². The number of fused-ring (bicyclic) bond motifs is 5. The number of carbonyl (C=O) groups excluding carboxylic acids is 3. The highest BCUT2D eigenvalue weighted by atomic mass is 16.6. The topological polar surface area (TPSA) is 96.7 Å². The van der Waals surface area contributed by atoms with Crippen molar-refractivity contribution in [2.24, 2.45) is 11.8 Å². The molecule has 0 N–H and O–H groups in total. The molecule has 1 aromatic carbocycles. The molecule has 0 radical (unpaired) electrons. The Morgan fingerprint density at radius 3 is 2.68 bits per heavy atom. The lowest BCUT2D eigenvalue weighted by molar-refractivity contribution is -0.150. The van der Waals surface area contributed by atoms with E-state index in [9.17, 15) is 14.4 Å². The highest BCUT2D eigenvalue weighted by molar-refractivity contribution is 6.23. The Balaban J connectivity index is 1.68. The third kappa shape index (κ3) is 2.11. The number of benzene rings is 1. The summed E-state index contributed by atoms with van der Waals surface area (Å²) in [4.78, 5) is 38.1. The first-order valence-corrected chi connectivity index (χ1v) is 7.85. The van der Waals surface area contributed by atoms with Gasteiger partial charge in [-0.3, -0.25) is 14.4 Å². The number of amides is 2. The summed E-state index contributed by atoms with van der Waals surface area (Å²) >= 11 is 0. The van der Waals surface area contributed by atoms with Gasteiger partial charge in [0.05, 0.1) is 35.3 Å². The van der Waals surface area contributed by atoms with Gasteiger partial charge in [-0.15, -0.1) is 0 Å². The van der Waals surface area contributed by atoms with Crippen molar-refractivity contribution in [2.75, 3.05) is 11.5 Å². The molecule has 3 heterocycles. The van der Waals surface area contributed by atoms with Gasteiger partial charge in [-0.25, -0.2) is 4.90 Å². The Bertz CT molecular complexity index is 853. The number of anilines is 1. The zero-order chi connectivity index (χ0) is 17.8. The van der Waals surface area contributed by atoms with Crippen LogP contribution in [0.15, 0.2) is 36.4 Å². The Morgan fingerprint density at radius 2 is 2.04 bits per heavy atom.